The molecule has 1 unspecified atom stereocenters. The van der Waals surface area contributed by atoms with Gasteiger partial charge in [-0.1, -0.05) is 6.07 Å². The predicted molar refractivity (Wildman–Crippen MR) is 72.0 cm³/mol. The van der Waals surface area contributed by atoms with E-state index in [2.05, 4.69) is 35.3 Å². The van der Waals surface area contributed by atoms with E-state index in [4.69, 9.17) is 4.74 Å². The molecule has 0 N–H and O–H groups in total. The molecular weight excluding hydrogens is 222 g/mol. The topological polar surface area (TPSA) is 22.1 Å². The van der Waals surface area contributed by atoms with Crippen LogP contribution in [0.5, 0.6) is 5.75 Å². The van der Waals surface area contributed by atoms with Crippen LogP contribution in [0.25, 0.3) is 0 Å². The Morgan fingerprint density at radius 3 is 2.83 bits per heavy atom. The van der Waals surface area contributed by atoms with Gasteiger partial charge in [-0.2, -0.15) is 0 Å². The molecule has 1 heterocycles. The molecule has 1 aliphatic rings. The average molecular weight is 239 g/mol. The maximum Gasteiger partial charge on any atom is 0.119 e. The second-order valence-corrected chi connectivity index (χ2v) is 4.86. The Hall–Kier alpha value is -1.83. The Balaban J connectivity index is 1.82. The zero-order valence-electron chi connectivity index (χ0n) is 10.6. The number of fused-ring (bicyclic) bond motifs is 1. The summed E-state index contributed by atoms with van der Waals surface area (Å²) in [6.07, 6.45) is 7.27. The number of hydrogen-bond donors (Lipinski definition) is 0. The largest absolute Gasteiger partial charge is 0.497 e. The van der Waals surface area contributed by atoms with Crippen molar-refractivity contribution >= 4 is 0 Å². The van der Waals surface area contributed by atoms with Crippen molar-refractivity contribution in [1.82, 2.24) is 4.98 Å². The highest BCUT2D eigenvalue weighted by Gasteiger charge is 2.22. The highest BCUT2D eigenvalue weighted by molar-refractivity contribution is 5.41. The third-order valence-electron chi connectivity index (χ3n) is 3.78. The first-order valence-electron chi connectivity index (χ1n) is 6.42. The second kappa shape index (κ2) is 4.81. The molecule has 0 amide bonds. The summed E-state index contributed by atoms with van der Waals surface area (Å²) in [4.78, 5) is 4.07. The zero-order valence-corrected chi connectivity index (χ0v) is 10.6. The highest BCUT2D eigenvalue weighted by Crippen LogP contribution is 2.37. The molecule has 92 valence electrons. The standard InChI is InChI=1S/C16H17NO/c1-18-15-4-5-16-13(2-3-14(16)11-15)10-12-6-8-17-9-7-12/h4-9,11,13H,2-3,10H2,1H3. The Morgan fingerprint density at radius 2 is 2.06 bits per heavy atom. The SMILES string of the molecule is COc1ccc2c(c1)CCC2Cc1ccncc1. The van der Waals surface area contributed by atoms with Gasteiger partial charge in [-0.15, -0.1) is 0 Å². The minimum Gasteiger partial charge on any atom is -0.497 e. The van der Waals surface area contributed by atoms with Crippen molar-refractivity contribution in [3.63, 3.8) is 0 Å². The van der Waals surface area contributed by atoms with Gasteiger partial charge in [0.1, 0.15) is 5.75 Å². The molecule has 1 aromatic carbocycles. The summed E-state index contributed by atoms with van der Waals surface area (Å²) in [7, 11) is 1.73. The van der Waals surface area contributed by atoms with Crippen LogP contribution in [0, 0.1) is 0 Å². The third kappa shape index (κ3) is 2.10. The summed E-state index contributed by atoms with van der Waals surface area (Å²) in [5.41, 5.74) is 4.32. The van der Waals surface area contributed by atoms with Gasteiger partial charge < -0.3 is 4.74 Å². The summed E-state index contributed by atoms with van der Waals surface area (Å²) in [5, 5.41) is 0. The van der Waals surface area contributed by atoms with Crippen LogP contribution in [0.4, 0.5) is 0 Å². The van der Waals surface area contributed by atoms with Gasteiger partial charge in [-0.25, -0.2) is 0 Å². The number of benzene rings is 1. The van der Waals surface area contributed by atoms with Gasteiger partial charge >= 0.3 is 0 Å². The lowest BCUT2D eigenvalue weighted by atomic mass is 9.94. The lowest BCUT2D eigenvalue weighted by Gasteiger charge is -2.12. The lowest BCUT2D eigenvalue weighted by Crippen LogP contribution is -1.98. The molecule has 3 rings (SSSR count). The molecule has 1 aliphatic carbocycles. The van der Waals surface area contributed by atoms with E-state index >= 15 is 0 Å². The number of ether oxygens (including phenoxy) is 1. The van der Waals surface area contributed by atoms with Gasteiger partial charge in [0, 0.05) is 12.4 Å². The number of nitrogens with zero attached hydrogens (tertiary/aromatic N) is 1. The monoisotopic (exact) mass is 239 g/mol. The first-order chi connectivity index (χ1) is 8.86. The predicted octanol–water partition coefficient (Wildman–Crippen LogP) is 3.36. The van der Waals surface area contributed by atoms with Crippen molar-refractivity contribution in [3.05, 3.63) is 59.4 Å². The maximum atomic E-state index is 5.28. The van der Waals surface area contributed by atoms with Gasteiger partial charge in [0.15, 0.2) is 0 Å². The molecule has 18 heavy (non-hydrogen) atoms. The van der Waals surface area contributed by atoms with Crippen molar-refractivity contribution < 1.29 is 4.74 Å². The van der Waals surface area contributed by atoms with Crippen LogP contribution in [0.1, 0.15) is 29.0 Å². The Labute approximate surface area is 108 Å². The van der Waals surface area contributed by atoms with Gasteiger partial charge in [-0.05, 0) is 66.1 Å². The fraction of sp³-hybridized carbons (Fsp3) is 0.312. The molecule has 0 aliphatic heterocycles. The van der Waals surface area contributed by atoms with Crippen LogP contribution in [0.15, 0.2) is 42.7 Å². The van der Waals surface area contributed by atoms with E-state index in [0.29, 0.717) is 5.92 Å². The van der Waals surface area contributed by atoms with E-state index in [1.54, 1.807) is 7.11 Å². The molecule has 0 bridgehead atoms. The quantitative estimate of drug-likeness (QED) is 0.819. The molecule has 0 spiro atoms. The fourth-order valence-corrected chi connectivity index (χ4v) is 2.82. The second-order valence-electron chi connectivity index (χ2n) is 4.86. The van der Waals surface area contributed by atoms with E-state index in [1.165, 1.54) is 29.5 Å². The molecule has 0 radical (unpaired) electrons. The normalized spacial score (nSPS) is 17.5. The van der Waals surface area contributed by atoms with E-state index in [0.717, 1.165) is 12.2 Å². The highest BCUT2D eigenvalue weighted by atomic mass is 16.5. The molecule has 1 aromatic heterocycles. The maximum absolute atomic E-state index is 5.28. The smallest absolute Gasteiger partial charge is 0.119 e. The van der Waals surface area contributed by atoms with Gasteiger partial charge in [-0.3, -0.25) is 4.98 Å². The molecule has 2 nitrogen and oxygen atoms in total. The molecule has 0 fully saturated rings. The van der Waals surface area contributed by atoms with E-state index < -0.39 is 0 Å². The molecule has 2 heteroatoms. The summed E-state index contributed by atoms with van der Waals surface area (Å²) in [5.74, 6) is 1.62. The van der Waals surface area contributed by atoms with Crippen molar-refractivity contribution in [2.45, 2.75) is 25.2 Å². The number of rotatable bonds is 3. The van der Waals surface area contributed by atoms with Gasteiger partial charge in [0.05, 0.1) is 7.11 Å². The number of aryl methyl sites for hydroxylation is 1. The molecular formula is C16H17NO. The molecule has 1 atom stereocenters. The van der Waals surface area contributed by atoms with E-state index in [9.17, 15) is 0 Å². The van der Waals surface area contributed by atoms with E-state index in [-0.39, 0.29) is 0 Å². The van der Waals surface area contributed by atoms with Crippen LogP contribution >= 0.6 is 0 Å². The average Bonchev–Trinajstić information content (AvgIpc) is 2.82. The molecule has 0 saturated carbocycles. The summed E-state index contributed by atoms with van der Waals surface area (Å²) >= 11 is 0. The Morgan fingerprint density at radius 1 is 1.22 bits per heavy atom. The fourth-order valence-electron chi connectivity index (χ4n) is 2.82. The van der Waals surface area contributed by atoms with Crippen LogP contribution in [-0.4, -0.2) is 12.1 Å². The summed E-state index contributed by atoms with van der Waals surface area (Å²) < 4.78 is 5.28. The van der Waals surface area contributed by atoms with Crippen molar-refractivity contribution in [3.8, 4) is 5.75 Å². The third-order valence-corrected chi connectivity index (χ3v) is 3.78. The van der Waals surface area contributed by atoms with Crippen molar-refractivity contribution in [2.24, 2.45) is 0 Å². The first kappa shape index (κ1) is 11.3. The van der Waals surface area contributed by atoms with Crippen LogP contribution in [-0.2, 0) is 12.8 Å². The van der Waals surface area contributed by atoms with Crippen molar-refractivity contribution in [2.75, 3.05) is 7.11 Å². The van der Waals surface area contributed by atoms with Crippen LogP contribution in [0.3, 0.4) is 0 Å². The minimum absolute atomic E-state index is 0.647. The summed E-state index contributed by atoms with van der Waals surface area (Å²) in [6.45, 7) is 0. The Bertz CT molecular complexity index is 536. The first-order valence-corrected chi connectivity index (χ1v) is 6.42. The van der Waals surface area contributed by atoms with Crippen LogP contribution < -0.4 is 4.74 Å². The molecule has 0 saturated heterocycles. The minimum atomic E-state index is 0.647. The van der Waals surface area contributed by atoms with Gasteiger partial charge in [0.2, 0.25) is 0 Å². The van der Waals surface area contributed by atoms with Crippen LogP contribution in [0.2, 0.25) is 0 Å². The van der Waals surface area contributed by atoms with E-state index in [1.807, 2.05) is 12.4 Å². The van der Waals surface area contributed by atoms with Crippen molar-refractivity contribution in [1.29, 1.82) is 0 Å². The number of aromatic nitrogens is 1. The van der Waals surface area contributed by atoms with Gasteiger partial charge in [0.25, 0.3) is 0 Å². The number of methoxy groups -OCH3 is 1. The number of hydrogen-bond acceptors (Lipinski definition) is 2. The molecule has 2 aromatic rings. The lowest BCUT2D eigenvalue weighted by molar-refractivity contribution is 0.414. The Kier molecular flexibility index (Phi) is 3.01. The number of pyridine rings is 1. The zero-order chi connectivity index (χ0) is 12.4. The summed E-state index contributed by atoms with van der Waals surface area (Å²) in [6, 6.07) is 10.7.